The summed E-state index contributed by atoms with van der Waals surface area (Å²) >= 11 is 0. The molecule has 0 aromatic heterocycles. The van der Waals surface area contributed by atoms with E-state index in [0.29, 0.717) is 0 Å². The van der Waals surface area contributed by atoms with Crippen molar-refractivity contribution in [2.75, 3.05) is 0 Å². The molecule has 0 bridgehead atoms. The lowest BCUT2D eigenvalue weighted by Crippen LogP contribution is -2.58. The van der Waals surface area contributed by atoms with Crippen molar-refractivity contribution in [2.24, 2.45) is 0 Å². The van der Waals surface area contributed by atoms with Crippen LogP contribution < -0.4 is 0 Å². The molecule has 1 aliphatic carbocycles. The van der Waals surface area contributed by atoms with Gasteiger partial charge in [-0.1, -0.05) is 142 Å². The Morgan fingerprint density at radius 3 is 0.769 bits per heavy atom. The molecule has 0 heterocycles. The maximum absolute atomic E-state index is 2.60. The monoisotopic (exact) mass is 396 g/mol. The summed E-state index contributed by atoms with van der Waals surface area (Å²) in [5.74, 6) is 0. The predicted octanol–water partition coefficient (Wildman–Crippen LogP) is 9.66. The summed E-state index contributed by atoms with van der Waals surface area (Å²) in [7, 11) is -2.80. The van der Waals surface area contributed by atoms with Crippen molar-refractivity contribution in [1.82, 2.24) is 0 Å². The van der Waals surface area contributed by atoms with Gasteiger partial charge in [0.15, 0.2) is 0 Å². The molecule has 2 atom stereocenters. The molecule has 0 saturated heterocycles. The zero-order valence-corrected chi connectivity index (χ0v) is 22.4. The second kappa shape index (κ2) is 9.29. The molecule has 0 amide bonds. The molecule has 26 heavy (non-hydrogen) atoms. The zero-order chi connectivity index (χ0) is 20.4. The first kappa shape index (κ1) is 24.5. The van der Waals surface area contributed by atoms with Gasteiger partial charge >= 0.3 is 0 Å². The average molecular weight is 397 g/mol. The van der Waals surface area contributed by atoms with Crippen molar-refractivity contribution >= 4 is 16.1 Å². The van der Waals surface area contributed by atoms with Crippen LogP contribution in [0.15, 0.2) is 0 Å². The molecule has 1 rings (SSSR count). The Balaban J connectivity index is 3.66. The summed E-state index contributed by atoms with van der Waals surface area (Å²) < 4.78 is 0. The molecule has 0 N–H and O–H groups in total. The van der Waals surface area contributed by atoms with E-state index >= 15 is 0 Å². The van der Waals surface area contributed by atoms with E-state index in [9.17, 15) is 0 Å². The zero-order valence-electron chi connectivity index (χ0n) is 20.4. The number of hydrogen-bond donors (Lipinski definition) is 0. The molecule has 0 aromatic rings. The van der Waals surface area contributed by atoms with Crippen LogP contribution in [0, 0.1) is 0 Å². The Kier molecular flexibility index (Phi) is 8.74. The number of rotatable bonds is 8. The van der Waals surface area contributed by atoms with Crippen molar-refractivity contribution < 1.29 is 0 Å². The highest BCUT2D eigenvalue weighted by atomic mass is 28.3. The molecule has 1 aliphatic rings. The highest BCUT2D eigenvalue weighted by molar-refractivity contribution is 6.90. The molecule has 0 aliphatic heterocycles. The summed E-state index contributed by atoms with van der Waals surface area (Å²) in [5, 5.41) is 0. The van der Waals surface area contributed by atoms with Gasteiger partial charge in [-0.15, -0.1) is 0 Å². The third-order valence-electron chi connectivity index (χ3n) is 9.05. The van der Waals surface area contributed by atoms with E-state index in [0.717, 1.165) is 44.3 Å². The van der Waals surface area contributed by atoms with E-state index in [1.165, 1.54) is 12.8 Å². The minimum Gasteiger partial charge on any atom is -0.0651 e. The molecule has 0 spiro atoms. The van der Waals surface area contributed by atoms with Gasteiger partial charge in [0.25, 0.3) is 0 Å². The van der Waals surface area contributed by atoms with Crippen molar-refractivity contribution in [3.8, 4) is 0 Å². The Bertz CT molecular complexity index is 336. The smallest absolute Gasteiger partial charge is 0.0643 e. The van der Waals surface area contributed by atoms with E-state index in [2.05, 4.69) is 83.1 Å². The lowest BCUT2D eigenvalue weighted by atomic mass is 9.99. The van der Waals surface area contributed by atoms with Crippen LogP contribution >= 0.6 is 0 Å². The molecular weight excluding hydrogens is 344 g/mol. The molecule has 1 saturated carbocycles. The minimum atomic E-state index is -1.40. The Morgan fingerprint density at radius 2 is 0.615 bits per heavy atom. The Hall–Kier alpha value is 0.434. The highest BCUT2D eigenvalue weighted by Gasteiger charge is 2.59. The van der Waals surface area contributed by atoms with Crippen molar-refractivity contribution in [3.63, 3.8) is 0 Å². The SMILES string of the molecule is CC(C)[Si](C(C)C)(C(C)C)[C@@H]1CCCC[C@H]1[Si](C(C)C)(C(C)C)C(C)C. The van der Waals surface area contributed by atoms with Crippen LogP contribution in [0.3, 0.4) is 0 Å². The van der Waals surface area contributed by atoms with Gasteiger partial charge in [0.1, 0.15) is 0 Å². The molecule has 156 valence electrons. The standard InChI is InChI=1S/C24H52Si2/c1-17(2)25(18(3)4,19(5)6)23-15-13-14-16-24(23)26(20(7)8,21(9)10)22(11)12/h17-24H,13-16H2,1-12H3/t23-,24-/m1/s1. The van der Waals surface area contributed by atoms with E-state index in [1.807, 2.05) is 0 Å². The van der Waals surface area contributed by atoms with E-state index in [4.69, 9.17) is 0 Å². The van der Waals surface area contributed by atoms with Crippen LogP contribution in [0.25, 0.3) is 0 Å². The largest absolute Gasteiger partial charge is 0.0651 e. The first-order valence-electron chi connectivity index (χ1n) is 11.9. The summed E-state index contributed by atoms with van der Waals surface area (Å²) in [6.07, 6.45) is 6.10. The fraction of sp³-hybridized carbons (Fsp3) is 1.00. The highest BCUT2D eigenvalue weighted by Crippen LogP contribution is 2.65. The molecule has 0 unspecified atom stereocenters. The van der Waals surface area contributed by atoms with Crippen LogP contribution in [0.4, 0.5) is 0 Å². The first-order valence-corrected chi connectivity index (χ1v) is 16.5. The third kappa shape index (κ3) is 3.80. The topological polar surface area (TPSA) is 0 Å². The van der Waals surface area contributed by atoms with Gasteiger partial charge in [0, 0.05) is 0 Å². The second-order valence-electron chi connectivity index (χ2n) is 11.4. The van der Waals surface area contributed by atoms with Crippen LogP contribution in [0.1, 0.15) is 109 Å². The predicted molar refractivity (Wildman–Crippen MR) is 128 cm³/mol. The van der Waals surface area contributed by atoms with Gasteiger partial charge in [-0.05, 0) is 11.1 Å². The first-order chi connectivity index (χ1) is 11.9. The van der Waals surface area contributed by atoms with Gasteiger partial charge in [0.05, 0.1) is 16.1 Å². The van der Waals surface area contributed by atoms with Crippen LogP contribution in [-0.4, -0.2) is 16.1 Å². The second-order valence-corrected chi connectivity index (χ2v) is 23.8. The molecule has 2 heteroatoms. The van der Waals surface area contributed by atoms with E-state index in [1.54, 1.807) is 12.8 Å². The minimum absolute atomic E-state index is 0.909. The fourth-order valence-corrected chi connectivity index (χ4v) is 26.9. The van der Waals surface area contributed by atoms with E-state index < -0.39 is 16.1 Å². The Labute approximate surface area is 169 Å². The summed E-state index contributed by atoms with van der Waals surface area (Å²) in [6.45, 7) is 31.2. The summed E-state index contributed by atoms with van der Waals surface area (Å²) in [4.78, 5) is 0. The Morgan fingerprint density at radius 1 is 0.423 bits per heavy atom. The lowest BCUT2D eigenvalue weighted by Gasteiger charge is -2.60. The van der Waals surface area contributed by atoms with Gasteiger partial charge < -0.3 is 0 Å². The normalized spacial score (nSPS) is 23.3. The summed E-state index contributed by atoms with van der Waals surface area (Å²) in [6, 6.07) is 0. The summed E-state index contributed by atoms with van der Waals surface area (Å²) in [5.41, 5.74) is 7.58. The van der Waals surface area contributed by atoms with Crippen LogP contribution in [0.2, 0.25) is 44.3 Å². The van der Waals surface area contributed by atoms with Gasteiger partial charge in [-0.25, -0.2) is 0 Å². The quantitative estimate of drug-likeness (QED) is 0.358. The molecule has 0 aromatic carbocycles. The van der Waals surface area contributed by atoms with Gasteiger partial charge in [0.2, 0.25) is 0 Å². The molecule has 1 fully saturated rings. The lowest BCUT2D eigenvalue weighted by molar-refractivity contribution is 0.450. The average Bonchev–Trinajstić information content (AvgIpc) is 2.47. The number of hydrogen-bond acceptors (Lipinski definition) is 0. The maximum Gasteiger partial charge on any atom is 0.0643 e. The van der Waals surface area contributed by atoms with Gasteiger partial charge in [-0.3, -0.25) is 0 Å². The van der Waals surface area contributed by atoms with E-state index in [-0.39, 0.29) is 0 Å². The van der Waals surface area contributed by atoms with Crippen LogP contribution in [0.5, 0.6) is 0 Å². The molecular formula is C24H52Si2. The van der Waals surface area contributed by atoms with Crippen LogP contribution in [-0.2, 0) is 0 Å². The molecule has 0 radical (unpaired) electrons. The maximum atomic E-state index is 2.60. The van der Waals surface area contributed by atoms with Gasteiger partial charge in [-0.2, -0.15) is 0 Å². The van der Waals surface area contributed by atoms with Crippen molar-refractivity contribution in [3.05, 3.63) is 0 Å². The van der Waals surface area contributed by atoms with Crippen molar-refractivity contribution in [1.29, 1.82) is 0 Å². The van der Waals surface area contributed by atoms with Crippen molar-refractivity contribution in [2.45, 2.75) is 153 Å². The molecule has 0 nitrogen and oxygen atoms in total. The third-order valence-corrected chi connectivity index (χ3v) is 25.3. The fourth-order valence-electron chi connectivity index (χ4n) is 8.90.